The van der Waals surface area contributed by atoms with Gasteiger partial charge in [0.05, 0.1) is 18.8 Å². The molecule has 62 heavy (non-hydrogen) atoms. The molecule has 3 saturated heterocycles. The monoisotopic (exact) mass is 886 g/mol. The molecule has 0 spiro atoms. The number of aliphatic hydroxyl groups excluding tert-OH is 10. The van der Waals surface area contributed by atoms with Crippen molar-refractivity contribution in [1.29, 1.82) is 0 Å². The quantitative estimate of drug-likeness (QED) is 0.101. The van der Waals surface area contributed by atoms with Crippen LogP contribution in [0.3, 0.4) is 0 Å². The van der Waals surface area contributed by atoms with Gasteiger partial charge in [0, 0.05) is 31.3 Å². The minimum atomic E-state index is -1.97. The van der Waals surface area contributed by atoms with Gasteiger partial charge in [0.1, 0.15) is 72.6 Å². The van der Waals surface area contributed by atoms with Crippen LogP contribution in [0.15, 0.2) is 11.6 Å². The first-order valence-electron chi connectivity index (χ1n) is 22.6. The van der Waals surface area contributed by atoms with Crippen LogP contribution < -0.4 is 0 Å². The average molecular weight is 887 g/mol. The summed E-state index contributed by atoms with van der Waals surface area (Å²) in [5.41, 5.74) is 0.717. The van der Waals surface area contributed by atoms with Crippen molar-refractivity contribution >= 4 is 11.6 Å². The van der Waals surface area contributed by atoms with E-state index in [1.165, 1.54) is 12.5 Å². The molecule has 10 N–H and O–H groups in total. The number of carbonyl (C=O) groups excluding carboxylic acids is 2. The zero-order valence-corrected chi connectivity index (χ0v) is 36.3. The molecule has 0 aromatic carbocycles. The second-order valence-electron chi connectivity index (χ2n) is 20.0. The molecule has 18 heteroatoms. The molecule has 3 saturated carbocycles. The van der Waals surface area contributed by atoms with Crippen LogP contribution >= 0.6 is 0 Å². The van der Waals surface area contributed by atoms with Gasteiger partial charge in [-0.05, 0) is 86.4 Å². The molecule has 7 rings (SSSR count). The lowest BCUT2D eigenvalue weighted by Gasteiger charge is -2.58. The fraction of sp³-hybridized carbons (Fsp3) is 0.909. The highest BCUT2D eigenvalue weighted by Crippen LogP contribution is 2.66. The maximum Gasteiger partial charge on any atom is 0.189 e. The van der Waals surface area contributed by atoms with Gasteiger partial charge >= 0.3 is 0 Å². The lowest BCUT2D eigenvalue weighted by atomic mass is 9.47. The van der Waals surface area contributed by atoms with Crippen LogP contribution in [0, 0.1) is 46.3 Å². The van der Waals surface area contributed by atoms with Gasteiger partial charge in [0.25, 0.3) is 0 Å². The summed E-state index contributed by atoms with van der Waals surface area (Å²) in [7, 11) is 0. The summed E-state index contributed by atoms with van der Waals surface area (Å²) in [5, 5.41) is 105. The maximum atomic E-state index is 13.8. The lowest BCUT2D eigenvalue weighted by molar-refractivity contribution is -0.397. The fourth-order valence-corrected chi connectivity index (χ4v) is 12.3. The Morgan fingerprint density at radius 1 is 0.774 bits per heavy atom. The number of Topliss-reactive ketones (excluding diaryl/α,β-unsaturated/α-hetero) is 2. The van der Waals surface area contributed by atoms with Crippen molar-refractivity contribution in [1.82, 2.24) is 0 Å². The molecule has 6 fully saturated rings. The average Bonchev–Trinajstić information content (AvgIpc) is 3.52. The van der Waals surface area contributed by atoms with Crippen molar-refractivity contribution in [3.05, 3.63) is 11.6 Å². The maximum absolute atomic E-state index is 13.8. The third-order valence-corrected chi connectivity index (χ3v) is 16.2. The van der Waals surface area contributed by atoms with Crippen molar-refractivity contribution in [3.8, 4) is 0 Å². The summed E-state index contributed by atoms with van der Waals surface area (Å²) >= 11 is 0. The smallest absolute Gasteiger partial charge is 0.189 e. The molecule has 354 valence electrons. The minimum Gasteiger partial charge on any atom is -0.396 e. The predicted octanol–water partition coefficient (Wildman–Crippen LogP) is -0.823. The van der Waals surface area contributed by atoms with Crippen LogP contribution in [0.5, 0.6) is 0 Å². The number of hydrogen-bond acceptors (Lipinski definition) is 18. The summed E-state index contributed by atoms with van der Waals surface area (Å²) in [4.78, 5) is 27.2. The fourth-order valence-electron chi connectivity index (χ4n) is 12.3. The van der Waals surface area contributed by atoms with E-state index in [1.807, 2.05) is 13.8 Å². The molecular formula is C44H70O18. The third kappa shape index (κ3) is 8.75. The van der Waals surface area contributed by atoms with Crippen molar-refractivity contribution < 1.29 is 89.1 Å². The minimum absolute atomic E-state index is 0.0234. The summed E-state index contributed by atoms with van der Waals surface area (Å²) in [6, 6.07) is 0. The van der Waals surface area contributed by atoms with Crippen molar-refractivity contribution in [2.75, 3.05) is 13.2 Å². The summed E-state index contributed by atoms with van der Waals surface area (Å²) < 4.78 is 35.6. The molecule has 24 atom stereocenters. The predicted molar refractivity (Wildman–Crippen MR) is 213 cm³/mol. The lowest BCUT2D eigenvalue weighted by Crippen LogP contribution is -2.66. The van der Waals surface area contributed by atoms with Crippen molar-refractivity contribution in [2.24, 2.45) is 46.3 Å². The highest BCUT2D eigenvalue weighted by atomic mass is 16.8. The van der Waals surface area contributed by atoms with Crippen LogP contribution in [0.4, 0.5) is 0 Å². The van der Waals surface area contributed by atoms with Crippen LogP contribution in [-0.2, 0) is 38.0 Å². The van der Waals surface area contributed by atoms with E-state index >= 15 is 0 Å². The topological polar surface area (TPSA) is 292 Å². The molecule has 4 aliphatic carbocycles. The van der Waals surface area contributed by atoms with Crippen molar-refractivity contribution in [3.63, 3.8) is 0 Å². The van der Waals surface area contributed by atoms with E-state index in [1.54, 1.807) is 0 Å². The SMILES string of the molecule is CC1O[C@@H](OC2[C@H](OC3CC[C@@]4(C)C(=CC[C@H]5[C@@H]6CC(=O)[C@H]([C@H](C)C(=O)CC[C@@H](C)CO)[C@@]6(C)CC[C@@H]54)C3)OC(CO)[C@@H](O[C@@H]3OC(O)[C@H](O)[C@H](O)C3O)[C@@H]2O)C(O)[C@@H](O)[C@H]1O. The summed E-state index contributed by atoms with van der Waals surface area (Å²) in [6.45, 7) is 9.06. The molecule has 0 radical (unpaired) electrons. The Morgan fingerprint density at radius 2 is 1.44 bits per heavy atom. The largest absolute Gasteiger partial charge is 0.396 e. The van der Waals surface area contributed by atoms with E-state index in [4.69, 9.17) is 28.4 Å². The first kappa shape index (κ1) is 48.4. The number of hydrogen-bond donors (Lipinski definition) is 10. The zero-order valence-electron chi connectivity index (χ0n) is 36.3. The van der Waals surface area contributed by atoms with Crippen LogP contribution in [0.25, 0.3) is 0 Å². The number of ketones is 2. The van der Waals surface area contributed by atoms with Crippen LogP contribution in [0.2, 0.25) is 0 Å². The van der Waals surface area contributed by atoms with E-state index in [2.05, 4.69) is 19.9 Å². The van der Waals surface area contributed by atoms with Crippen molar-refractivity contribution in [2.45, 2.75) is 191 Å². The number of aliphatic hydroxyl groups is 10. The van der Waals surface area contributed by atoms with E-state index in [0.717, 1.165) is 25.7 Å². The molecule has 0 aromatic rings. The Bertz CT molecular complexity index is 1610. The normalized spacial score (nSPS) is 50.5. The number of ether oxygens (including phenoxy) is 6. The van der Waals surface area contributed by atoms with Gasteiger partial charge in [-0.25, -0.2) is 0 Å². The van der Waals surface area contributed by atoms with Gasteiger partial charge in [-0.3, -0.25) is 9.59 Å². The van der Waals surface area contributed by atoms with E-state index in [-0.39, 0.29) is 58.6 Å². The summed E-state index contributed by atoms with van der Waals surface area (Å²) in [6.07, 6.45) is -17.1. The molecule has 0 bridgehead atoms. The van der Waals surface area contributed by atoms with Gasteiger partial charge < -0.3 is 79.5 Å². The highest BCUT2D eigenvalue weighted by Gasteiger charge is 2.63. The van der Waals surface area contributed by atoms with Gasteiger partial charge in [-0.1, -0.05) is 39.3 Å². The molecule has 3 heterocycles. The molecule has 7 aliphatic rings. The second-order valence-corrected chi connectivity index (χ2v) is 20.0. The number of allylic oxidation sites excluding steroid dienone is 1. The Hall–Kier alpha value is -1.56. The summed E-state index contributed by atoms with van der Waals surface area (Å²) in [5.74, 6) is 0.285. The standard InChI is InChI=1S/C44H70O18/c1-18(16-45)6-9-26(47)19(2)29-27(48)15-25-23-8-7-21-14-22(10-12-43(21,4)24(23)11-13-44(25,29)5)58-42-38(61-40-34(53)31(50)30(49)20(3)57-40)36(55)37(28(17-46)59-42)60-41-35(54)32(51)33(52)39(56)62-41/h7,18-20,22-25,28-42,45-46,49-56H,6,8-17H2,1-5H3/t18-,19-,20?,22?,23-,24+,25+,28?,29+,30+,31+,32+,33-,34?,35?,36+,37-,38?,39?,40+,41-,42-,43+,44+/m1/s1. The Balaban J connectivity index is 1.08. The number of fused-ring (bicyclic) bond motifs is 5. The molecule has 0 amide bonds. The Morgan fingerprint density at radius 3 is 2.11 bits per heavy atom. The molecular weight excluding hydrogens is 816 g/mol. The number of carbonyl (C=O) groups is 2. The molecule has 7 unspecified atom stereocenters. The first-order valence-corrected chi connectivity index (χ1v) is 22.6. The van der Waals surface area contributed by atoms with Crippen LogP contribution in [-0.4, -0.2) is 174 Å². The first-order chi connectivity index (χ1) is 29.2. The van der Waals surface area contributed by atoms with Gasteiger partial charge in [0.15, 0.2) is 25.2 Å². The van der Waals surface area contributed by atoms with Gasteiger partial charge in [0.2, 0.25) is 0 Å². The zero-order chi connectivity index (χ0) is 45.2. The van der Waals surface area contributed by atoms with E-state index < -0.39 is 105 Å². The molecule has 3 aliphatic heterocycles. The Kier molecular flexibility index (Phi) is 14.8. The number of rotatable bonds is 13. The van der Waals surface area contributed by atoms with E-state index in [0.29, 0.717) is 38.0 Å². The van der Waals surface area contributed by atoms with Crippen LogP contribution in [0.1, 0.15) is 92.4 Å². The second kappa shape index (κ2) is 19.0. The highest BCUT2D eigenvalue weighted by molar-refractivity contribution is 5.92. The molecule has 0 aromatic heterocycles. The van der Waals surface area contributed by atoms with Gasteiger partial charge in [-0.15, -0.1) is 0 Å². The Labute approximate surface area is 362 Å². The van der Waals surface area contributed by atoms with Gasteiger partial charge in [-0.2, -0.15) is 0 Å². The third-order valence-electron chi connectivity index (χ3n) is 16.2. The molecule has 18 nitrogen and oxygen atoms in total. The van der Waals surface area contributed by atoms with E-state index in [9.17, 15) is 60.7 Å².